The SMILES string of the molecule is CCOc1ccc(Cc2nn(CCO)c(=O)[nH]c2=O)cc1. The van der Waals surface area contributed by atoms with Crippen LogP contribution in [0.4, 0.5) is 0 Å². The number of benzene rings is 1. The topological polar surface area (TPSA) is 97.2 Å². The Morgan fingerprint density at radius 1 is 1.29 bits per heavy atom. The Hall–Kier alpha value is -2.41. The van der Waals surface area contributed by atoms with Gasteiger partial charge >= 0.3 is 5.69 Å². The van der Waals surface area contributed by atoms with Crippen LogP contribution in [0.3, 0.4) is 0 Å². The number of rotatable bonds is 6. The molecule has 0 aliphatic carbocycles. The minimum atomic E-state index is -0.621. The maximum atomic E-state index is 11.8. The van der Waals surface area contributed by atoms with Crippen LogP contribution in [-0.2, 0) is 13.0 Å². The van der Waals surface area contributed by atoms with Gasteiger partial charge in [-0.1, -0.05) is 12.1 Å². The molecule has 7 nitrogen and oxygen atoms in total. The molecule has 0 atom stereocenters. The third kappa shape index (κ3) is 3.79. The van der Waals surface area contributed by atoms with Crippen LogP contribution in [0.1, 0.15) is 18.2 Å². The molecule has 1 aromatic carbocycles. The fourth-order valence-corrected chi connectivity index (χ4v) is 1.90. The third-order valence-corrected chi connectivity index (χ3v) is 2.88. The Labute approximate surface area is 120 Å². The molecule has 2 rings (SSSR count). The van der Waals surface area contributed by atoms with E-state index in [2.05, 4.69) is 10.1 Å². The summed E-state index contributed by atoms with van der Waals surface area (Å²) in [4.78, 5) is 25.4. The smallest absolute Gasteiger partial charge is 0.344 e. The Morgan fingerprint density at radius 3 is 2.62 bits per heavy atom. The molecule has 0 bridgehead atoms. The Balaban J connectivity index is 2.24. The number of aliphatic hydroxyl groups is 1. The minimum Gasteiger partial charge on any atom is -0.494 e. The van der Waals surface area contributed by atoms with Crippen molar-refractivity contribution in [2.75, 3.05) is 13.2 Å². The zero-order chi connectivity index (χ0) is 15.2. The number of aromatic nitrogens is 3. The summed E-state index contributed by atoms with van der Waals surface area (Å²) in [5, 5.41) is 12.9. The molecule has 0 radical (unpaired) electrons. The van der Waals surface area contributed by atoms with Crippen molar-refractivity contribution >= 4 is 0 Å². The molecule has 112 valence electrons. The highest BCUT2D eigenvalue weighted by Crippen LogP contribution is 2.13. The first-order valence-electron chi connectivity index (χ1n) is 6.67. The van der Waals surface area contributed by atoms with Gasteiger partial charge in [-0.3, -0.25) is 9.78 Å². The van der Waals surface area contributed by atoms with Crippen LogP contribution < -0.4 is 16.0 Å². The van der Waals surface area contributed by atoms with Gasteiger partial charge in [0.1, 0.15) is 11.4 Å². The van der Waals surface area contributed by atoms with E-state index in [-0.39, 0.29) is 18.8 Å². The third-order valence-electron chi connectivity index (χ3n) is 2.88. The Kier molecular flexibility index (Phi) is 4.89. The highest BCUT2D eigenvalue weighted by Gasteiger charge is 2.07. The normalized spacial score (nSPS) is 10.6. The van der Waals surface area contributed by atoms with Gasteiger partial charge < -0.3 is 9.84 Å². The number of hydrogen-bond acceptors (Lipinski definition) is 5. The van der Waals surface area contributed by atoms with Gasteiger partial charge in [0.2, 0.25) is 0 Å². The van der Waals surface area contributed by atoms with Gasteiger partial charge in [0, 0.05) is 6.42 Å². The van der Waals surface area contributed by atoms with Crippen molar-refractivity contribution < 1.29 is 9.84 Å². The van der Waals surface area contributed by atoms with E-state index in [4.69, 9.17) is 9.84 Å². The number of aliphatic hydroxyl groups excluding tert-OH is 1. The van der Waals surface area contributed by atoms with E-state index < -0.39 is 11.2 Å². The van der Waals surface area contributed by atoms with Gasteiger partial charge in [-0.05, 0) is 24.6 Å². The second-order valence-corrected chi connectivity index (χ2v) is 4.41. The van der Waals surface area contributed by atoms with E-state index in [1.807, 2.05) is 31.2 Å². The van der Waals surface area contributed by atoms with E-state index in [1.54, 1.807) is 0 Å². The molecule has 0 amide bonds. The number of aromatic amines is 1. The molecule has 0 fully saturated rings. The molecule has 0 spiro atoms. The van der Waals surface area contributed by atoms with E-state index in [0.717, 1.165) is 16.0 Å². The molecule has 0 unspecified atom stereocenters. The highest BCUT2D eigenvalue weighted by molar-refractivity contribution is 5.29. The summed E-state index contributed by atoms with van der Waals surface area (Å²) in [6.45, 7) is 2.32. The number of nitrogens with zero attached hydrogens (tertiary/aromatic N) is 2. The van der Waals surface area contributed by atoms with Crippen molar-refractivity contribution in [1.29, 1.82) is 0 Å². The molecule has 0 aliphatic rings. The van der Waals surface area contributed by atoms with Crippen molar-refractivity contribution in [1.82, 2.24) is 14.8 Å². The molecular formula is C14H17N3O4. The fourth-order valence-electron chi connectivity index (χ4n) is 1.90. The number of H-pyrrole nitrogens is 1. The second-order valence-electron chi connectivity index (χ2n) is 4.41. The Bertz CT molecular complexity index is 703. The van der Waals surface area contributed by atoms with E-state index in [0.29, 0.717) is 13.0 Å². The van der Waals surface area contributed by atoms with Crippen molar-refractivity contribution in [3.05, 3.63) is 56.4 Å². The zero-order valence-electron chi connectivity index (χ0n) is 11.7. The first-order chi connectivity index (χ1) is 10.1. The summed E-state index contributed by atoms with van der Waals surface area (Å²) in [6.07, 6.45) is 0.299. The number of nitrogens with one attached hydrogen (secondary N) is 1. The van der Waals surface area contributed by atoms with Crippen molar-refractivity contribution in [2.24, 2.45) is 0 Å². The van der Waals surface area contributed by atoms with Gasteiger partial charge in [-0.2, -0.15) is 5.10 Å². The lowest BCUT2D eigenvalue weighted by molar-refractivity contribution is 0.264. The zero-order valence-corrected chi connectivity index (χ0v) is 11.7. The predicted octanol–water partition coefficient (Wildman–Crippen LogP) is -0.0866. The maximum Gasteiger partial charge on any atom is 0.344 e. The maximum absolute atomic E-state index is 11.8. The Morgan fingerprint density at radius 2 is 2.00 bits per heavy atom. The molecule has 21 heavy (non-hydrogen) atoms. The molecular weight excluding hydrogens is 274 g/mol. The average Bonchev–Trinajstić information content (AvgIpc) is 2.46. The second kappa shape index (κ2) is 6.85. The van der Waals surface area contributed by atoms with Crippen LogP contribution >= 0.6 is 0 Å². The lowest BCUT2D eigenvalue weighted by Gasteiger charge is -2.06. The summed E-state index contributed by atoms with van der Waals surface area (Å²) >= 11 is 0. The first kappa shape index (κ1) is 15.0. The lowest BCUT2D eigenvalue weighted by Crippen LogP contribution is -2.35. The molecule has 0 saturated carbocycles. The summed E-state index contributed by atoms with van der Waals surface area (Å²) < 4.78 is 6.39. The minimum absolute atomic E-state index is 0.0475. The largest absolute Gasteiger partial charge is 0.494 e. The predicted molar refractivity (Wildman–Crippen MR) is 76.6 cm³/mol. The van der Waals surface area contributed by atoms with Crippen LogP contribution in [0, 0.1) is 0 Å². The average molecular weight is 291 g/mol. The van der Waals surface area contributed by atoms with Gasteiger partial charge in [0.25, 0.3) is 5.56 Å². The molecule has 7 heteroatoms. The van der Waals surface area contributed by atoms with Crippen molar-refractivity contribution in [2.45, 2.75) is 19.9 Å². The van der Waals surface area contributed by atoms with E-state index >= 15 is 0 Å². The summed E-state index contributed by atoms with van der Waals surface area (Å²) in [7, 11) is 0. The first-order valence-corrected chi connectivity index (χ1v) is 6.67. The van der Waals surface area contributed by atoms with E-state index in [9.17, 15) is 9.59 Å². The fraction of sp³-hybridized carbons (Fsp3) is 0.357. The van der Waals surface area contributed by atoms with Gasteiger partial charge in [0.15, 0.2) is 0 Å². The van der Waals surface area contributed by atoms with Crippen molar-refractivity contribution in [3.8, 4) is 5.75 Å². The summed E-state index contributed by atoms with van der Waals surface area (Å²) in [5.41, 5.74) is -0.0228. The quantitative estimate of drug-likeness (QED) is 0.775. The van der Waals surface area contributed by atoms with Crippen LogP contribution in [0.5, 0.6) is 5.75 Å². The monoisotopic (exact) mass is 291 g/mol. The van der Waals surface area contributed by atoms with Gasteiger partial charge in [-0.25, -0.2) is 9.48 Å². The number of ether oxygens (including phenoxy) is 1. The van der Waals surface area contributed by atoms with Crippen LogP contribution in [0.15, 0.2) is 33.9 Å². The molecule has 1 heterocycles. The lowest BCUT2D eigenvalue weighted by atomic mass is 10.1. The van der Waals surface area contributed by atoms with Gasteiger partial charge in [-0.15, -0.1) is 0 Å². The van der Waals surface area contributed by atoms with Crippen molar-refractivity contribution in [3.63, 3.8) is 0 Å². The summed E-state index contributed by atoms with van der Waals surface area (Å²) in [5.74, 6) is 0.758. The van der Waals surface area contributed by atoms with Crippen LogP contribution in [-0.4, -0.2) is 33.1 Å². The molecule has 0 saturated heterocycles. The molecule has 2 aromatic rings. The van der Waals surface area contributed by atoms with E-state index in [1.165, 1.54) is 0 Å². The standard InChI is InChI=1S/C14H17N3O4/c1-2-21-11-5-3-10(4-6-11)9-12-13(19)15-14(20)17(16-12)7-8-18/h3-6,18H,2,7-9H2,1H3,(H,15,19,20). The van der Waals surface area contributed by atoms with Crippen LogP contribution in [0.25, 0.3) is 0 Å². The molecule has 0 aliphatic heterocycles. The molecule has 2 N–H and O–H groups in total. The van der Waals surface area contributed by atoms with Gasteiger partial charge in [0.05, 0.1) is 19.8 Å². The molecule has 1 aromatic heterocycles. The number of hydrogen-bond donors (Lipinski definition) is 2. The summed E-state index contributed by atoms with van der Waals surface area (Å²) in [6, 6.07) is 7.31. The highest BCUT2D eigenvalue weighted by atomic mass is 16.5. The van der Waals surface area contributed by atoms with Crippen LogP contribution in [0.2, 0.25) is 0 Å².